The monoisotopic (exact) mass is 472 g/mol. The molecule has 0 saturated carbocycles. The zero-order valence-electron chi connectivity index (χ0n) is 17.3. The molecule has 0 fully saturated rings. The highest BCUT2D eigenvalue weighted by molar-refractivity contribution is 9.10. The van der Waals surface area contributed by atoms with E-state index in [1.807, 2.05) is 26.8 Å². The van der Waals surface area contributed by atoms with Crippen LogP contribution in [0.5, 0.6) is 17.2 Å². The summed E-state index contributed by atoms with van der Waals surface area (Å²) in [5.74, 6) is 1.38. The minimum atomic E-state index is -0.502. The van der Waals surface area contributed by atoms with Gasteiger partial charge in [-0.15, -0.1) is 0 Å². The Morgan fingerprint density at radius 1 is 1.07 bits per heavy atom. The van der Waals surface area contributed by atoms with Gasteiger partial charge in [0.2, 0.25) is 0 Å². The van der Waals surface area contributed by atoms with Crippen molar-refractivity contribution < 1.29 is 19.0 Å². The summed E-state index contributed by atoms with van der Waals surface area (Å²) in [6.07, 6.45) is 2.38. The standard InChI is InChI=1S/C23H25BrN2O4/c1-4-11-30-22-14-20(24)16(13-21(22)29-6-3)12-17(15-25)23(27)26-18-7-9-19(10-8-18)28-5-2/h7-10,12-14H,4-6,11H2,1-3H3,(H,26,27)/b17-12+. The van der Waals surface area contributed by atoms with Crippen LogP contribution in [0.15, 0.2) is 46.4 Å². The van der Waals surface area contributed by atoms with Crippen molar-refractivity contribution >= 4 is 33.6 Å². The molecular weight excluding hydrogens is 448 g/mol. The van der Waals surface area contributed by atoms with Crippen molar-refractivity contribution in [2.45, 2.75) is 27.2 Å². The molecule has 0 aliphatic heterocycles. The van der Waals surface area contributed by atoms with Crippen LogP contribution in [0.2, 0.25) is 0 Å². The highest BCUT2D eigenvalue weighted by Gasteiger charge is 2.14. The average Bonchev–Trinajstić information content (AvgIpc) is 2.74. The van der Waals surface area contributed by atoms with Crippen molar-refractivity contribution in [1.82, 2.24) is 0 Å². The zero-order valence-corrected chi connectivity index (χ0v) is 18.9. The smallest absolute Gasteiger partial charge is 0.266 e. The Kier molecular flexibility index (Phi) is 9.23. The molecule has 30 heavy (non-hydrogen) atoms. The quantitative estimate of drug-likeness (QED) is 0.360. The van der Waals surface area contributed by atoms with Gasteiger partial charge in [-0.25, -0.2) is 0 Å². The number of nitriles is 1. The van der Waals surface area contributed by atoms with Crippen molar-refractivity contribution in [2.24, 2.45) is 0 Å². The molecule has 6 nitrogen and oxygen atoms in total. The lowest BCUT2D eigenvalue weighted by molar-refractivity contribution is -0.112. The minimum Gasteiger partial charge on any atom is -0.494 e. The average molecular weight is 473 g/mol. The number of anilines is 1. The summed E-state index contributed by atoms with van der Waals surface area (Å²) < 4.78 is 17.5. The van der Waals surface area contributed by atoms with E-state index in [0.29, 0.717) is 52.8 Å². The molecule has 0 spiro atoms. The van der Waals surface area contributed by atoms with E-state index in [4.69, 9.17) is 14.2 Å². The Hall–Kier alpha value is -2.98. The number of nitrogens with zero attached hydrogens (tertiary/aromatic N) is 1. The summed E-state index contributed by atoms with van der Waals surface area (Å²) >= 11 is 3.49. The van der Waals surface area contributed by atoms with Gasteiger partial charge in [0.05, 0.1) is 19.8 Å². The highest BCUT2D eigenvalue weighted by Crippen LogP contribution is 2.35. The summed E-state index contributed by atoms with van der Waals surface area (Å²) in [5.41, 5.74) is 1.18. The molecular formula is C23H25BrN2O4. The fourth-order valence-electron chi connectivity index (χ4n) is 2.56. The molecule has 0 atom stereocenters. The van der Waals surface area contributed by atoms with Gasteiger partial charge in [-0.3, -0.25) is 4.79 Å². The summed E-state index contributed by atoms with van der Waals surface area (Å²) in [6.45, 7) is 7.40. The Morgan fingerprint density at radius 2 is 1.73 bits per heavy atom. The number of hydrogen-bond acceptors (Lipinski definition) is 5. The number of hydrogen-bond donors (Lipinski definition) is 1. The van der Waals surface area contributed by atoms with Crippen LogP contribution >= 0.6 is 15.9 Å². The molecule has 0 radical (unpaired) electrons. The van der Waals surface area contributed by atoms with E-state index in [1.165, 1.54) is 6.08 Å². The molecule has 0 unspecified atom stereocenters. The van der Waals surface area contributed by atoms with Gasteiger partial charge in [-0.05, 0) is 68.3 Å². The third-order valence-corrected chi connectivity index (χ3v) is 4.60. The van der Waals surface area contributed by atoms with Gasteiger partial charge < -0.3 is 19.5 Å². The van der Waals surface area contributed by atoms with Crippen LogP contribution in [0.25, 0.3) is 6.08 Å². The lowest BCUT2D eigenvalue weighted by Gasteiger charge is -2.13. The van der Waals surface area contributed by atoms with E-state index < -0.39 is 5.91 Å². The molecule has 0 aliphatic carbocycles. The SMILES string of the molecule is CCCOc1cc(Br)c(/C=C(\C#N)C(=O)Nc2ccc(OCC)cc2)cc1OCC. The van der Waals surface area contributed by atoms with Crippen LogP contribution in [0.3, 0.4) is 0 Å². The molecule has 2 rings (SSSR count). The molecule has 158 valence electrons. The van der Waals surface area contributed by atoms with Crippen LogP contribution in [0.1, 0.15) is 32.8 Å². The fraction of sp³-hybridized carbons (Fsp3) is 0.304. The number of ether oxygens (including phenoxy) is 3. The number of halogens is 1. The van der Waals surface area contributed by atoms with Crippen LogP contribution in [-0.4, -0.2) is 25.7 Å². The lowest BCUT2D eigenvalue weighted by atomic mass is 10.1. The molecule has 0 bridgehead atoms. The first-order chi connectivity index (χ1) is 14.5. The molecule has 7 heteroatoms. The van der Waals surface area contributed by atoms with Crippen molar-refractivity contribution in [1.29, 1.82) is 5.26 Å². The van der Waals surface area contributed by atoms with E-state index in [0.717, 1.165) is 6.42 Å². The van der Waals surface area contributed by atoms with Crippen molar-refractivity contribution in [2.75, 3.05) is 25.1 Å². The number of rotatable bonds is 10. The van der Waals surface area contributed by atoms with Crippen LogP contribution in [-0.2, 0) is 4.79 Å². The number of carbonyl (C=O) groups is 1. The van der Waals surface area contributed by atoms with Crippen LogP contribution in [0.4, 0.5) is 5.69 Å². The molecule has 0 heterocycles. The second-order valence-corrected chi connectivity index (χ2v) is 7.04. The van der Waals surface area contributed by atoms with Gasteiger partial charge in [-0.1, -0.05) is 22.9 Å². The molecule has 0 aliphatic rings. The van der Waals surface area contributed by atoms with Gasteiger partial charge in [-0.2, -0.15) is 5.26 Å². The molecule has 1 N–H and O–H groups in total. The van der Waals surface area contributed by atoms with E-state index >= 15 is 0 Å². The summed E-state index contributed by atoms with van der Waals surface area (Å²) in [4.78, 5) is 12.6. The Bertz CT molecular complexity index is 933. The second kappa shape index (κ2) is 11.9. The van der Waals surface area contributed by atoms with Crippen molar-refractivity contribution in [3.8, 4) is 23.3 Å². The lowest BCUT2D eigenvalue weighted by Crippen LogP contribution is -2.13. The minimum absolute atomic E-state index is 0.0331. The number of amides is 1. The first-order valence-corrected chi connectivity index (χ1v) is 10.6. The first kappa shape index (κ1) is 23.3. The maximum Gasteiger partial charge on any atom is 0.266 e. The third-order valence-electron chi connectivity index (χ3n) is 3.91. The molecule has 1 amide bonds. The van der Waals surface area contributed by atoms with Crippen LogP contribution in [0, 0.1) is 11.3 Å². The van der Waals surface area contributed by atoms with Gasteiger partial charge in [0.15, 0.2) is 11.5 Å². The highest BCUT2D eigenvalue weighted by atomic mass is 79.9. The number of nitrogens with one attached hydrogen (secondary N) is 1. The predicted octanol–water partition coefficient (Wildman–Crippen LogP) is 5.58. The molecule has 2 aromatic carbocycles. The Labute approximate surface area is 185 Å². The van der Waals surface area contributed by atoms with Gasteiger partial charge >= 0.3 is 0 Å². The molecule has 0 saturated heterocycles. The number of carbonyl (C=O) groups excluding carboxylic acids is 1. The van der Waals surface area contributed by atoms with Gasteiger partial charge in [0.25, 0.3) is 5.91 Å². The zero-order chi connectivity index (χ0) is 21.9. The largest absolute Gasteiger partial charge is 0.494 e. The van der Waals surface area contributed by atoms with Gasteiger partial charge in [0, 0.05) is 10.2 Å². The van der Waals surface area contributed by atoms with E-state index in [1.54, 1.807) is 36.4 Å². The maximum atomic E-state index is 12.6. The van der Waals surface area contributed by atoms with Gasteiger partial charge in [0.1, 0.15) is 17.4 Å². The molecule has 0 aromatic heterocycles. The predicted molar refractivity (Wildman–Crippen MR) is 121 cm³/mol. The number of benzene rings is 2. The second-order valence-electron chi connectivity index (χ2n) is 6.18. The fourth-order valence-corrected chi connectivity index (χ4v) is 3.00. The molecule has 2 aromatic rings. The Balaban J connectivity index is 2.26. The van der Waals surface area contributed by atoms with E-state index in [-0.39, 0.29) is 5.57 Å². The van der Waals surface area contributed by atoms with E-state index in [9.17, 15) is 10.1 Å². The Morgan fingerprint density at radius 3 is 2.33 bits per heavy atom. The third kappa shape index (κ3) is 6.53. The van der Waals surface area contributed by atoms with Crippen molar-refractivity contribution in [3.05, 3.63) is 52.0 Å². The summed E-state index contributed by atoms with van der Waals surface area (Å²) in [7, 11) is 0. The topological polar surface area (TPSA) is 80.6 Å². The normalized spacial score (nSPS) is 10.8. The maximum absolute atomic E-state index is 12.6. The summed E-state index contributed by atoms with van der Waals surface area (Å²) in [5, 5.41) is 12.2. The van der Waals surface area contributed by atoms with Crippen LogP contribution < -0.4 is 19.5 Å². The summed E-state index contributed by atoms with van der Waals surface area (Å²) in [6, 6.07) is 12.5. The first-order valence-electron chi connectivity index (χ1n) is 9.77. The van der Waals surface area contributed by atoms with Crippen molar-refractivity contribution in [3.63, 3.8) is 0 Å². The van der Waals surface area contributed by atoms with E-state index in [2.05, 4.69) is 21.2 Å².